The zero-order valence-corrected chi connectivity index (χ0v) is 11.5. The van der Waals surface area contributed by atoms with E-state index in [0.29, 0.717) is 6.04 Å². The topological polar surface area (TPSA) is 84.3 Å². The first-order chi connectivity index (χ1) is 9.74. The fourth-order valence-corrected chi connectivity index (χ4v) is 2.10. The third kappa shape index (κ3) is 2.47. The van der Waals surface area contributed by atoms with Crippen molar-refractivity contribution in [2.75, 3.05) is 11.9 Å². The third-order valence-corrected chi connectivity index (χ3v) is 3.16. The number of nitrogens with zero attached hydrogens (tertiary/aromatic N) is 5. The van der Waals surface area contributed by atoms with Gasteiger partial charge in [0.15, 0.2) is 5.65 Å². The number of hydrogen-bond donors (Lipinski definition) is 2. The van der Waals surface area contributed by atoms with Crippen LogP contribution >= 0.6 is 0 Å². The van der Waals surface area contributed by atoms with Crippen molar-refractivity contribution < 1.29 is 0 Å². The summed E-state index contributed by atoms with van der Waals surface area (Å²) in [7, 11) is 0. The van der Waals surface area contributed by atoms with Crippen LogP contribution in [-0.4, -0.2) is 36.5 Å². The summed E-state index contributed by atoms with van der Waals surface area (Å²) in [5.41, 5.74) is 0.792. The summed E-state index contributed by atoms with van der Waals surface area (Å²) in [5.74, 6) is 1.81. The molecule has 0 saturated carbocycles. The Balaban J connectivity index is 1.63. The zero-order chi connectivity index (χ0) is 13.9. The highest BCUT2D eigenvalue weighted by Crippen LogP contribution is 2.12. The van der Waals surface area contributed by atoms with E-state index >= 15 is 0 Å². The monoisotopic (exact) mass is 271 g/mol. The van der Waals surface area contributed by atoms with Crippen LogP contribution in [0.1, 0.15) is 25.7 Å². The zero-order valence-electron chi connectivity index (χ0n) is 11.5. The van der Waals surface area contributed by atoms with Crippen molar-refractivity contribution in [2.24, 2.45) is 0 Å². The predicted molar refractivity (Wildman–Crippen MR) is 76.5 cm³/mol. The lowest BCUT2D eigenvalue weighted by atomic mass is 10.3. The minimum atomic E-state index is 0.375. The first kappa shape index (κ1) is 12.6. The highest BCUT2D eigenvalue weighted by molar-refractivity contribution is 5.75. The van der Waals surface area contributed by atoms with Gasteiger partial charge < -0.3 is 9.88 Å². The van der Waals surface area contributed by atoms with Gasteiger partial charge in [0.2, 0.25) is 0 Å². The van der Waals surface area contributed by atoms with Crippen LogP contribution < -0.4 is 5.32 Å². The molecule has 3 heterocycles. The van der Waals surface area contributed by atoms with Crippen LogP contribution in [0.4, 0.5) is 5.82 Å². The van der Waals surface area contributed by atoms with Crippen LogP contribution in [0.15, 0.2) is 24.7 Å². The van der Waals surface area contributed by atoms with Crippen molar-refractivity contribution in [3.05, 3.63) is 30.5 Å². The molecule has 2 N–H and O–H groups in total. The standard InChI is InChI=1S/C13H17N7/c1-9(2)20-8-16-18-12(20)5-6-14-11-4-3-10-7-15-19-13(10)17-11/h3-4,7-9H,5-6H2,1-2H3,(H2,14,15,17,19). The molecule has 7 heteroatoms. The van der Waals surface area contributed by atoms with E-state index in [4.69, 9.17) is 0 Å². The Morgan fingerprint density at radius 3 is 3.10 bits per heavy atom. The average Bonchev–Trinajstić information content (AvgIpc) is 3.06. The highest BCUT2D eigenvalue weighted by Gasteiger charge is 2.07. The molecule has 0 aromatic carbocycles. The molecule has 0 radical (unpaired) electrons. The average molecular weight is 271 g/mol. The molecule has 0 aliphatic carbocycles. The summed E-state index contributed by atoms with van der Waals surface area (Å²) in [6.45, 7) is 5.00. The van der Waals surface area contributed by atoms with Crippen molar-refractivity contribution in [3.8, 4) is 0 Å². The lowest BCUT2D eigenvalue weighted by molar-refractivity contribution is 0.568. The number of rotatable bonds is 5. The molecule has 0 atom stereocenters. The molecular weight excluding hydrogens is 254 g/mol. The molecule has 7 nitrogen and oxygen atoms in total. The number of aromatic nitrogens is 6. The Morgan fingerprint density at radius 1 is 1.35 bits per heavy atom. The van der Waals surface area contributed by atoms with Gasteiger partial charge >= 0.3 is 0 Å². The van der Waals surface area contributed by atoms with Crippen LogP contribution in [0, 0.1) is 0 Å². The van der Waals surface area contributed by atoms with Gasteiger partial charge in [-0.1, -0.05) is 0 Å². The Morgan fingerprint density at radius 2 is 2.25 bits per heavy atom. The van der Waals surface area contributed by atoms with Gasteiger partial charge in [-0.2, -0.15) is 5.10 Å². The molecule has 0 fully saturated rings. The van der Waals surface area contributed by atoms with Gasteiger partial charge in [0.05, 0.1) is 6.20 Å². The van der Waals surface area contributed by atoms with Crippen molar-refractivity contribution >= 4 is 16.9 Å². The fraction of sp³-hybridized carbons (Fsp3) is 0.385. The molecule has 0 saturated heterocycles. The van der Waals surface area contributed by atoms with Gasteiger partial charge in [0.1, 0.15) is 18.0 Å². The SMILES string of the molecule is CC(C)n1cnnc1CCNc1ccc2cn[nH]c2n1. The van der Waals surface area contributed by atoms with E-state index in [1.165, 1.54) is 0 Å². The van der Waals surface area contributed by atoms with Gasteiger partial charge in [0, 0.05) is 24.4 Å². The lowest BCUT2D eigenvalue weighted by Gasteiger charge is -2.10. The van der Waals surface area contributed by atoms with Crippen LogP contribution in [-0.2, 0) is 6.42 Å². The summed E-state index contributed by atoms with van der Waals surface area (Å²) in [6, 6.07) is 4.31. The van der Waals surface area contributed by atoms with E-state index in [9.17, 15) is 0 Å². The van der Waals surface area contributed by atoms with E-state index < -0.39 is 0 Å². The van der Waals surface area contributed by atoms with E-state index in [2.05, 4.69) is 49.1 Å². The van der Waals surface area contributed by atoms with Crippen molar-refractivity contribution in [1.29, 1.82) is 0 Å². The second-order valence-electron chi connectivity index (χ2n) is 4.93. The number of fused-ring (bicyclic) bond motifs is 1. The van der Waals surface area contributed by atoms with Crippen molar-refractivity contribution in [3.63, 3.8) is 0 Å². The highest BCUT2D eigenvalue weighted by atomic mass is 15.3. The van der Waals surface area contributed by atoms with Gasteiger partial charge in [-0.05, 0) is 26.0 Å². The molecule has 3 aromatic heterocycles. The molecule has 0 spiro atoms. The van der Waals surface area contributed by atoms with E-state index in [-0.39, 0.29) is 0 Å². The van der Waals surface area contributed by atoms with Crippen LogP contribution in [0.2, 0.25) is 0 Å². The molecule has 0 bridgehead atoms. The molecule has 3 aromatic rings. The van der Waals surface area contributed by atoms with Crippen molar-refractivity contribution in [1.82, 2.24) is 29.9 Å². The maximum Gasteiger partial charge on any atom is 0.157 e. The maximum atomic E-state index is 4.44. The van der Waals surface area contributed by atoms with Gasteiger partial charge in [-0.3, -0.25) is 5.10 Å². The predicted octanol–water partition coefficient (Wildman–Crippen LogP) is 1.78. The number of aromatic amines is 1. The normalized spacial score (nSPS) is 11.3. The Hall–Kier alpha value is -2.44. The number of H-pyrrole nitrogens is 1. The van der Waals surface area contributed by atoms with Crippen LogP contribution in [0.25, 0.3) is 11.0 Å². The van der Waals surface area contributed by atoms with Crippen LogP contribution in [0.5, 0.6) is 0 Å². The summed E-state index contributed by atoms with van der Waals surface area (Å²) < 4.78 is 2.08. The number of nitrogens with one attached hydrogen (secondary N) is 2. The lowest BCUT2D eigenvalue weighted by Crippen LogP contribution is -2.12. The van der Waals surface area contributed by atoms with E-state index in [1.807, 2.05) is 12.1 Å². The minimum absolute atomic E-state index is 0.375. The minimum Gasteiger partial charge on any atom is -0.370 e. The fourth-order valence-electron chi connectivity index (χ4n) is 2.10. The Labute approximate surface area is 116 Å². The summed E-state index contributed by atoms with van der Waals surface area (Å²) >= 11 is 0. The second kappa shape index (κ2) is 5.28. The smallest absolute Gasteiger partial charge is 0.157 e. The Bertz CT molecular complexity index is 697. The van der Waals surface area contributed by atoms with E-state index in [0.717, 1.165) is 35.6 Å². The number of pyridine rings is 1. The molecule has 20 heavy (non-hydrogen) atoms. The Kier molecular flexibility index (Phi) is 3.32. The van der Waals surface area contributed by atoms with Crippen molar-refractivity contribution in [2.45, 2.75) is 26.3 Å². The molecule has 3 rings (SSSR count). The molecular formula is C13H17N7. The number of hydrogen-bond acceptors (Lipinski definition) is 5. The summed E-state index contributed by atoms with van der Waals surface area (Å²) in [4.78, 5) is 4.44. The molecule has 0 aliphatic rings. The maximum absolute atomic E-state index is 4.44. The van der Waals surface area contributed by atoms with Crippen LogP contribution in [0.3, 0.4) is 0 Å². The number of anilines is 1. The van der Waals surface area contributed by atoms with Gasteiger partial charge in [-0.15, -0.1) is 10.2 Å². The quantitative estimate of drug-likeness (QED) is 0.739. The van der Waals surface area contributed by atoms with Gasteiger partial charge in [-0.25, -0.2) is 4.98 Å². The van der Waals surface area contributed by atoms with E-state index in [1.54, 1.807) is 12.5 Å². The second-order valence-corrected chi connectivity index (χ2v) is 4.93. The first-order valence-electron chi connectivity index (χ1n) is 6.66. The third-order valence-electron chi connectivity index (χ3n) is 3.16. The molecule has 0 amide bonds. The summed E-state index contributed by atoms with van der Waals surface area (Å²) in [5, 5.41) is 19.2. The first-order valence-corrected chi connectivity index (χ1v) is 6.66. The van der Waals surface area contributed by atoms with Gasteiger partial charge in [0.25, 0.3) is 0 Å². The summed E-state index contributed by atoms with van der Waals surface area (Å²) in [6.07, 6.45) is 4.34. The molecule has 104 valence electrons. The molecule has 0 unspecified atom stereocenters. The largest absolute Gasteiger partial charge is 0.370 e. The molecule has 0 aliphatic heterocycles.